The molecule has 3 aromatic heterocycles. The van der Waals surface area contributed by atoms with E-state index in [4.69, 9.17) is 48.9 Å². The highest BCUT2D eigenvalue weighted by atomic mass is 16.5. The standard InChI is InChI=1S/C104H162N8O4/c1-5-9-13-17-21-25-29-33-37-41-45-49-53-57-61-65-77-113-85-69-73-89-93(81-85)101-107-97(89)105-98-91-75-71-87(115-79-67-63-59-55-51-47-43-39-35-31-27-23-19-15-11-7-3)83-95(91)103(109-98)112-104-96-84-88(116-80-68-64-60-56-52-48-44-40-36-32-28-24-20-16-12-8-4)72-76-92(96)100(110-104)106-99-90-74-70-86(82-94(90)102(108-99)111-101)114-78-66-62-58-54-50-46-42-38-34-30-26-22-18-14-10-6-2/h69-76,81-84H,5-68,77-80H2,1-4H3,(H2,105,106,107,108,109,110,111,112). The highest BCUT2D eigenvalue weighted by molar-refractivity contribution is 6.07. The Morgan fingerprint density at radius 3 is 0.586 bits per heavy atom. The van der Waals surface area contributed by atoms with Gasteiger partial charge < -0.3 is 28.9 Å². The second-order valence-corrected chi connectivity index (χ2v) is 35.0. The highest BCUT2D eigenvalue weighted by Crippen LogP contribution is 2.41. The molecule has 2 N–H and O–H groups in total. The summed E-state index contributed by atoms with van der Waals surface area (Å²) in [7, 11) is 0. The van der Waals surface area contributed by atoms with Crippen LogP contribution in [0, 0.1) is 0 Å². The summed E-state index contributed by atoms with van der Waals surface area (Å²) in [6.07, 6.45) is 85.6. The zero-order valence-electron chi connectivity index (χ0n) is 74.3. The van der Waals surface area contributed by atoms with E-state index in [0.717, 1.165) is 105 Å². The van der Waals surface area contributed by atoms with Gasteiger partial charge in [0.25, 0.3) is 0 Å². The van der Waals surface area contributed by atoms with Crippen molar-refractivity contribution in [1.82, 2.24) is 39.9 Å². The molecular weight excluding hydrogens is 1430 g/mol. The predicted octanol–water partition coefficient (Wildman–Crippen LogP) is 33.4. The highest BCUT2D eigenvalue weighted by Gasteiger charge is 2.25. The van der Waals surface area contributed by atoms with Gasteiger partial charge in [0.15, 0.2) is 23.3 Å². The zero-order chi connectivity index (χ0) is 80.6. The first-order valence-corrected chi connectivity index (χ1v) is 49.4. The number of rotatable bonds is 72. The number of hydrogen-bond donors (Lipinski definition) is 2. The fourth-order valence-corrected chi connectivity index (χ4v) is 17.4. The van der Waals surface area contributed by atoms with Crippen LogP contribution < -0.4 is 18.9 Å². The summed E-state index contributed by atoms with van der Waals surface area (Å²) >= 11 is 0. The minimum Gasteiger partial charge on any atom is -0.494 e. The van der Waals surface area contributed by atoms with Gasteiger partial charge >= 0.3 is 0 Å². The van der Waals surface area contributed by atoms with Crippen molar-refractivity contribution in [3.05, 3.63) is 72.8 Å². The molecule has 0 unspecified atom stereocenters. The van der Waals surface area contributed by atoms with E-state index in [1.165, 1.54) is 372 Å². The van der Waals surface area contributed by atoms with Crippen LogP contribution in [0.2, 0.25) is 0 Å². The van der Waals surface area contributed by atoms with Gasteiger partial charge in [0, 0.05) is 43.8 Å². The van der Waals surface area contributed by atoms with Crippen molar-refractivity contribution in [2.24, 2.45) is 0 Å². The van der Waals surface area contributed by atoms with Gasteiger partial charge in [-0.25, -0.2) is 29.9 Å². The summed E-state index contributed by atoms with van der Waals surface area (Å²) in [6.45, 7) is 11.8. The SMILES string of the molecule is CCCCCCCCCCCCCCCCCCOc1ccc2c(c1)-c1nc-2nc2[nH]c(nc3nc(nc4[nH]c(n1)c1cc(OCCCCCCCCCCCCCCCCCC)ccc41)-c1ccc(OCCCCCCCCCCCCCCCCCC)cc1-3)c1cc(OCCCCCCCCCCCCCCCCCC)ccc21. The fraction of sp³-hybridized carbons (Fsp3) is 0.692. The molecule has 5 heterocycles. The Morgan fingerprint density at radius 1 is 0.181 bits per heavy atom. The molecule has 8 bridgehead atoms. The minimum atomic E-state index is 0.546. The number of unbranched alkanes of at least 4 members (excludes halogenated alkanes) is 60. The Labute approximate surface area is 705 Å². The number of ether oxygens (including phenoxy) is 4. The van der Waals surface area contributed by atoms with Crippen LogP contribution in [0.3, 0.4) is 0 Å². The van der Waals surface area contributed by atoms with E-state index < -0.39 is 0 Å². The van der Waals surface area contributed by atoms with Crippen molar-refractivity contribution in [3.63, 3.8) is 0 Å². The molecular formula is C104H162N8O4. The number of H-pyrrole nitrogens is 2. The Balaban J connectivity index is 0.916. The minimum absolute atomic E-state index is 0.546. The van der Waals surface area contributed by atoms with Crippen molar-refractivity contribution >= 4 is 44.1 Å². The first kappa shape index (κ1) is 93.3. The quantitative estimate of drug-likeness (QED) is 0.0353. The van der Waals surface area contributed by atoms with Crippen molar-refractivity contribution in [2.45, 2.75) is 439 Å². The lowest BCUT2D eigenvalue weighted by Crippen LogP contribution is -1.97. The number of aromatic nitrogens is 8. The summed E-state index contributed by atoms with van der Waals surface area (Å²) in [4.78, 5) is 40.1. The maximum atomic E-state index is 6.62. The van der Waals surface area contributed by atoms with E-state index in [0.29, 0.717) is 72.3 Å². The first-order chi connectivity index (χ1) is 57.5. The molecule has 0 amide bonds. The van der Waals surface area contributed by atoms with Crippen molar-refractivity contribution in [3.8, 4) is 68.5 Å². The molecule has 0 fully saturated rings. The van der Waals surface area contributed by atoms with Gasteiger partial charge in [-0.05, 0) is 98.5 Å². The summed E-state index contributed by atoms with van der Waals surface area (Å²) in [5.41, 5.74) is 6.04. The van der Waals surface area contributed by atoms with E-state index in [9.17, 15) is 0 Å². The largest absolute Gasteiger partial charge is 0.494 e. The second kappa shape index (κ2) is 59.2. The van der Waals surface area contributed by atoms with E-state index in [1.54, 1.807) is 0 Å². The summed E-state index contributed by atoms with van der Waals surface area (Å²) in [6, 6.07) is 25.2. The van der Waals surface area contributed by atoms with Crippen molar-refractivity contribution in [2.75, 3.05) is 26.4 Å². The predicted molar refractivity (Wildman–Crippen MR) is 496 cm³/mol. The molecule has 0 spiro atoms. The summed E-state index contributed by atoms with van der Waals surface area (Å²) < 4.78 is 26.5. The number of hydrogen-bond acceptors (Lipinski definition) is 10. The average Bonchev–Trinajstić information content (AvgIpc) is 1.60. The van der Waals surface area contributed by atoms with Crippen LogP contribution in [0.15, 0.2) is 72.8 Å². The third-order valence-corrected chi connectivity index (χ3v) is 24.8. The fourth-order valence-electron chi connectivity index (χ4n) is 17.4. The van der Waals surface area contributed by atoms with E-state index in [1.807, 2.05) is 0 Å². The van der Waals surface area contributed by atoms with Crippen molar-refractivity contribution < 1.29 is 18.9 Å². The number of benzene rings is 4. The van der Waals surface area contributed by atoms with Crippen LogP contribution in [-0.4, -0.2) is 66.3 Å². The van der Waals surface area contributed by atoms with Gasteiger partial charge in [-0.1, -0.05) is 413 Å². The molecule has 0 radical (unpaired) electrons. The molecule has 116 heavy (non-hydrogen) atoms. The third kappa shape index (κ3) is 35.4. The first-order valence-electron chi connectivity index (χ1n) is 49.4. The lowest BCUT2D eigenvalue weighted by molar-refractivity contribution is 0.304. The molecule has 0 aliphatic carbocycles. The molecule has 9 rings (SSSR count). The molecule has 2 aliphatic heterocycles. The average molecular weight is 1590 g/mol. The molecule has 7 aromatic rings. The maximum Gasteiger partial charge on any atom is 0.164 e. The molecule has 0 saturated heterocycles. The lowest BCUT2D eigenvalue weighted by Gasteiger charge is -2.08. The lowest BCUT2D eigenvalue weighted by atomic mass is 10.0. The van der Waals surface area contributed by atoms with Gasteiger partial charge in [-0.3, -0.25) is 0 Å². The molecule has 4 aromatic carbocycles. The number of nitrogens with one attached hydrogen (secondary N) is 2. The summed E-state index contributed by atoms with van der Waals surface area (Å²) in [5.74, 6) is 5.42. The zero-order valence-corrected chi connectivity index (χ0v) is 74.3. The van der Waals surface area contributed by atoms with E-state index >= 15 is 0 Å². The number of nitrogens with zero attached hydrogens (tertiary/aromatic N) is 6. The normalized spacial score (nSPS) is 11.9. The van der Waals surface area contributed by atoms with E-state index in [2.05, 4.69) is 110 Å². The molecule has 12 heteroatoms. The number of aromatic amines is 2. The van der Waals surface area contributed by atoms with Gasteiger partial charge in [-0.2, -0.15) is 0 Å². The van der Waals surface area contributed by atoms with Gasteiger partial charge in [0.05, 0.1) is 26.4 Å². The maximum absolute atomic E-state index is 6.62. The Hall–Kier alpha value is -6.56. The van der Waals surface area contributed by atoms with Crippen molar-refractivity contribution in [1.29, 1.82) is 0 Å². The second-order valence-electron chi connectivity index (χ2n) is 35.0. The molecule has 0 atom stereocenters. The summed E-state index contributed by atoms with van der Waals surface area (Å²) in [5, 5.41) is 3.60. The van der Waals surface area contributed by atoms with Crippen LogP contribution in [0.5, 0.6) is 23.0 Å². The molecule has 2 aliphatic rings. The van der Waals surface area contributed by atoms with E-state index in [-0.39, 0.29) is 0 Å². The van der Waals surface area contributed by atoms with Crippen LogP contribution >= 0.6 is 0 Å². The van der Waals surface area contributed by atoms with Crippen LogP contribution in [-0.2, 0) is 0 Å². The smallest absolute Gasteiger partial charge is 0.164 e. The number of fused-ring (bicyclic) bond motifs is 20. The van der Waals surface area contributed by atoms with Gasteiger partial charge in [-0.15, -0.1) is 0 Å². The molecule has 0 saturated carbocycles. The van der Waals surface area contributed by atoms with Crippen LogP contribution in [0.1, 0.15) is 439 Å². The third-order valence-electron chi connectivity index (χ3n) is 24.8. The van der Waals surface area contributed by atoms with Gasteiger partial charge in [0.1, 0.15) is 45.6 Å². The topological polar surface area (TPSA) is 146 Å². The molecule has 12 nitrogen and oxygen atoms in total. The monoisotopic (exact) mass is 1590 g/mol. The molecule has 642 valence electrons. The van der Waals surface area contributed by atoms with Crippen LogP contribution in [0.4, 0.5) is 0 Å². The Kier molecular flexibility index (Phi) is 47.6. The Morgan fingerprint density at radius 2 is 0.362 bits per heavy atom. The van der Waals surface area contributed by atoms with Crippen LogP contribution in [0.25, 0.3) is 89.7 Å². The van der Waals surface area contributed by atoms with Gasteiger partial charge in [0.2, 0.25) is 0 Å². The Bertz CT molecular complexity index is 3660.